The molecule has 2 aromatic heterocycles. The molecule has 3 heterocycles. The SMILES string of the molecule is Cc1cc(N(C)C)nc(N2CCN(c3ccncc3)CC2)n1. The van der Waals surface area contributed by atoms with Crippen LogP contribution in [0, 0.1) is 6.92 Å². The highest BCUT2D eigenvalue weighted by Gasteiger charge is 2.20. The zero-order chi connectivity index (χ0) is 15.5. The highest BCUT2D eigenvalue weighted by Crippen LogP contribution is 2.19. The molecule has 116 valence electrons. The Morgan fingerprint density at radius 1 is 0.955 bits per heavy atom. The summed E-state index contributed by atoms with van der Waals surface area (Å²) >= 11 is 0. The Hall–Kier alpha value is -2.37. The molecule has 0 aromatic carbocycles. The number of hydrogen-bond donors (Lipinski definition) is 0. The predicted molar refractivity (Wildman–Crippen MR) is 89.8 cm³/mol. The van der Waals surface area contributed by atoms with Gasteiger partial charge in [0.25, 0.3) is 0 Å². The number of hydrogen-bond acceptors (Lipinski definition) is 6. The maximum atomic E-state index is 4.67. The first-order valence-electron chi connectivity index (χ1n) is 7.56. The van der Waals surface area contributed by atoms with E-state index in [1.165, 1.54) is 5.69 Å². The van der Waals surface area contributed by atoms with Gasteiger partial charge in [-0.1, -0.05) is 0 Å². The molecule has 0 bridgehead atoms. The molecule has 0 radical (unpaired) electrons. The third kappa shape index (κ3) is 3.10. The van der Waals surface area contributed by atoms with Crippen molar-refractivity contribution in [2.24, 2.45) is 0 Å². The minimum atomic E-state index is 0.832. The summed E-state index contributed by atoms with van der Waals surface area (Å²) in [5.41, 5.74) is 2.24. The molecule has 1 saturated heterocycles. The average Bonchev–Trinajstić information content (AvgIpc) is 2.55. The zero-order valence-corrected chi connectivity index (χ0v) is 13.4. The summed E-state index contributed by atoms with van der Waals surface area (Å²) in [6.07, 6.45) is 3.68. The third-order valence-corrected chi connectivity index (χ3v) is 3.88. The van der Waals surface area contributed by atoms with Crippen molar-refractivity contribution in [2.45, 2.75) is 6.92 Å². The number of pyridine rings is 1. The largest absolute Gasteiger partial charge is 0.368 e. The van der Waals surface area contributed by atoms with Crippen molar-refractivity contribution < 1.29 is 0 Å². The number of rotatable bonds is 3. The van der Waals surface area contributed by atoms with Gasteiger partial charge >= 0.3 is 0 Å². The van der Waals surface area contributed by atoms with Gasteiger partial charge in [0, 0.05) is 70.1 Å². The molecule has 0 aliphatic carbocycles. The Balaban J connectivity index is 1.71. The van der Waals surface area contributed by atoms with Crippen LogP contribution in [0.3, 0.4) is 0 Å². The van der Waals surface area contributed by atoms with Crippen LogP contribution in [0.2, 0.25) is 0 Å². The fourth-order valence-electron chi connectivity index (χ4n) is 2.63. The van der Waals surface area contributed by atoms with Crippen LogP contribution in [0.25, 0.3) is 0 Å². The molecule has 2 aromatic rings. The second kappa shape index (κ2) is 6.17. The van der Waals surface area contributed by atoms with Gasteiger partial charge in [-0.25, -0.2) is 4.98 Å². The molecule has 3 rings (SSSR count). The van der Waals surface area contributed by atoms with Gasteiger partial charge in [-0.05, 0) is 19.1 Å². The maximum absolute atomic E-state index is 4.67. The highest BCUT2D eigenvalue weighted by molar-refractivity contribution is 5.49. The van der Waals surface area contributed by atoms with Crippen LogP contribution in [0.15, 0.2) is 30.6 Å². The van der Waals surface area contributed by atoms with Gasteiger partial charge in [0.2, 0.25) is 5.95 Å². The lowest BCUT2D eigenvalue weighted by Crippen LogP contribution is -2.47. The molecular formula is C16H22N6. The summed E-state index contributed by atoms with van der Waals surface area (Å²) in [4.78, 5) is 20.0. The number of piperazine rings is 1. The van der Waals surface area contributed by atoms with Crippen LogP contribution < -0.4 is 14.7 Å². The molecule has 22 heavy (non-hydrogen) atoms. The normalized spacial score (nSPS) is 15.0. The summed E-state index contributed by atoms with van der Waals surface area (Å²) < 4.78 is 0. The van der Waals surface area contributed by atoms with E-state index in [0.29, 0.717) is 0 Å². The van der Waals surface area contributed by atoms with Crippen LogP contribution in [-0.2, 0) is 0 Å². The van der Waals surface area contributed by atoms with Gasteiger partial charge in [-0.15, -0.1) is 0 Å². The van der Waals surface area contributed by atoms with Crippen molar-refractivity contribution in [3.63, 3.8) is 0 Å². The summed E-state index contributed by atoms with van der Waals surface area (Å²) in [7, 11) is 4.01. The van der Waals surface area contributed by atoms with E-state index in [9.17, 15) is 0 Å². The van der Waals surface area contributed by atoms with E-state index in [1.54, 1.807) is 0 Å². The fraction of sp³-hybridized carbons (Fsp3) is 0.438. The lowest BCUT2D eigenvalue weighted by atomic mass is 10.2. The minimum Gasteiger partial charge on any atom is -0.368 e. The minimum absolute atomic E-state index is 0.832. The van der Waals surface area contributed by atoms with E-state index >= 15 is 0 Å². The van der Waals surface area contributed by atoms with Gasteiger partial charge in [0.05, 0.1) is 0 Å². The van der Waals surface area contributed by atoms with Crippen molar-refractivity contribution in [3.05, 3.63) is 36.3 Å². The lowest BCUT2D eigenvalue weighted by molar-refractivity contribution is 0.638. The van der Waals surface area contributed by atoms with Crippen LogP contribution in [0.1, 0.15) is 5.69 Å². The highest BCUT2D eigenvalue weighted by atomic mass is 15.3. The third-order valence-electron chi connectivity index (χ3n) is 3.88. The Labute approximate surface area is 131 Å². The van der Waals surface area contributed by atoms with E-state index in [4.69, 9.17) is 0 Å². The number of nitrogens with zero attached hydrogens (tertiary/aromatic N) is 6. The van der Waals surface area contributed by atoms with Crippen molar-refractivity contribution in [1.29, 1.82) is 0 Å². The number of aryl methyl sites for hydroxylation is 1. The van der Waals surface area contributed by atoms with Crippen molar-refractivity contribution in [2.75, 3.05) is 55.0 Å². The molecule has 0 saturated carbocycles. The monoisotopic (exact) mass is 298 g/mol. The molecule has 6 nitrogen and oxygen atoms in total. The van der Waals surface area contributed by atoms with E-state index in [1.807, 2.05) is 44.4 Å². The van der Waals surface area contributed by atoms with Crippen LogP contribution in [0.5, 0.6) is 0 Å². The van der Waals surface area contributed by atoms with Gasteiger partial charge in [0.1, 0.15) is 5.82 Å². The lowest BCUT2D eigenvalue weighted by Gasteiger charge is -2.36. The van der Waals surface area contributed by atoms with Gasteiger partial charge in [-0.2, -0.15) is 4.98 Å². The van der Waals surface area contributed by atoms with E-state index in [-0.39, 0.29) is 0 Å². The standard InChI is InChI=1S/C16H22N6/c1-13-12-15(20(2)3)19-16(18-13)22-10-8-21(9-11-22)14-4-6-17-7-5-14/h4-7,12H,8-11H2,1-3H3. The van der Waals surface area contributed by atoms with Crippen LogP contribution >= 0.6 is 0 Å². The number of anilines is 3. The van der Waals surface area contributed by atoms with Crippen molar-refractivity contribution in [1.82, 2.24) is 15.0 Å². The van der Waals surface area contributed by atoms with Crippen molar-refractivity contribution >= 4 is 17.5 Å². The van der Waals surface area contributed by atoms with Gasteiger partial charge < -0.3 is 14.7 Å². The molecule has 0 N–H and O–H groups in total. The average molecular weight is 298 g/mol. The Morgan fingerprint density at radius 3 is 2.23 bits per heavy atom. The van der Waals surface area contributed by atoms with Gasteiger partial charge in [0.15, 0.2) is 0 Å². The topological polar surface area (TPSA) is 48.4 Å². The first-order valence-corrected chi connectivity index (χ1v) is 7.56. The second-order valence-electron chi connectivity index (χ2n) is 5.74. The maximum Gasteiger partial charge on any atom is 0.227 e. The molecule has 1 fully saturated rings. The Morgan fingerprint density at radius 2 is 1.59 bits per heavy atom. The Bertz CT molecular complexity index is 620. The second-order valence-corrected chi connectivity index (χ2v) is 5.74. The molecule has 0 atom stereocenters. The Kier molecular flexibility index (Phi) is 4.09. The molecule has 1 aliphatic heterocycles. The summed E-state index contributed by atoms with van der Waals surface area (Å²) in [6, 6.07) is 6.13. The molecule has 6 heteroatoms. The molecule has 1 aliphatic rings. The van der Waals surface area contributed by atoms with Gasteiger partial charge in [-0.3, -0.25) is 4.98 Å². The summed E-state index contributed by atoms with van der Waals surface area (Å²) in [5, 5.41) is 0. The van der Waals surface area contributed by atoms with E-state index in [2.05, 4.69) is 36.9 Å². The summed E-state index contributed by atoms with van der Waals surface area (Å²) in [6.45, 7) is 5.82. The van der Waals surface area contributed by atoms with Crippen LogP contribution in [-0.4, -0.2) is 55.2 Å². The molecular weight excluding hydrogens is 276 g/mol. The summed E-state index contributed by atoms with van der Waals surface area (Å²) in [5.74, 6) is 1.79. The molecule has 0 amide bonds. The predicted octanol–water partition coefficient (Wildman–Crippen LogP) is 1.57. The van der Waals surface area contributed by atoms with Crippen molar-refractivity contribution in [3.8, 4) is 0 Å². The van der Waals surface area contributed by atoms with E-state index < -0.39 is 0 Å². The van der Waals surface area contributed by atoms with Crippen LogP contribution in [0.4, 0.5) is 17.5 Å². The first kappa shape index (κ1) is 14.6. The fourth-order valence-corrected chi connectivity index (χ4v) is 2.63. The smallest absolute Gasteiger partial charge is 0.227 e. The quantitative estimate of drug-likeness (QED) is 0.857. The first-order chi connectivity index (χ1) is 10.6. The number of aromatic nitrogens is 3. The molecule has 0 spiro atoms. The zero-order valence-electron chi connectivity index (χ0n) is 13.4. The van der Waals surface area contributed by atoms with E-state index in [0.717, 1.165) is 43.6 Å². The molecule has 0 unspecified atom stereocenters.